The molecule has 1 rings (SSSR count). The number of nitrogens with one attached hydrogen (secondary N) is 1. The van der Waals surface area contributed by atoms with E-state index in [0.717, 1.165) is 39.4 Å². The second-order valence-corrected chi connectivity index (χ2v) is 4.64. The number of hydrogen-bond acceptors (Lipinski definition) is 5. The smallest absolute Gasteiger partial charge is 0.0947 e. The van der Waals surface area contributed by atoms with Crippen LogP contribution in [-0.2, 0) is 16.0 Å². The molecule has 0 aliphatic carbocycles. The number of ether oxygens (including phenoxy) is 2. The summed E-state index contributed by atoms with van der Waals surface area (Å²) in [5.74, 6) is 0. The molecule has 0 aromatic carbocycles. The van der Waals surface area contributed by atoms with Crippen LogP contribution in [0.1, 0.15) is 12.5 Å². The van der Waals surface area contributed by atoms with Crippen molar-refractivity contribution in [2.24, 2.45) is 0 Å². The quantitative estimate of drug-likeness (QED) is 0.615. The van der Waals surface area contributed by atoms with Gasteiger partial charge >= 0.3 is 0 Å². The minimum absolute atomic E-state index is 0.399. The fraction of sp³-hybridized carbons (Fsp3) is 0.714. The highest BCUT2D eigenvalue weighted by molar-refractivity contribution is 5.04. The van der Waals surface area contributed by atoms with Gasteiger partial charge in [0.1, 0.15) is 0 Å². The van der Waals surface area contributed by atoms with Gasteiger partial charge in [-0.25, -0.2) is 0 Å². The maximum absolute atomic E-state index is 5.21. The Hall–Kier alpha value is -0.880. The van der Waals surface area contributed by atoms with Crippen molar-refractivity contribution in [1.29, 1.82) is 0 Å². The molecule has 19 heavy (non-hydrogen) atoms. The van der Waals surface area contributed by atoms with E-state index in [9.17, 15) is 0 Å². The third-order valence-electron chi connectivity index (χ3n) is 3.10. The molecule has 0 bridgehead atoms. The molecule has 1 aromatic heterocycles. The predicted octanol–water partition coefficient (Wildman–Crippen LogP) is 1.35. The first kappa shape index (κ1) is 16.2. The lowest BCUT2D eigenvalue weighted by Crippen LogP contribution is -2.42. The first-order valence-corrected chi connectivity index (χ1v) is 6.71. The first-order valence-electron chi connectivity index (χ1n) is 6.71. The maximum atomic E-state index is 5.21. The SMILES string of the molecule is COCCN(CCNCc1ccoc1)C(C)COC. The van der Waals surface area contributed by atoms with Crippen molar-refractivity contribution in [3.8, 4) is 0 Å². The monoisotopic (exact) mass is 270 g/mol. The summed E-state index contributed by atoms with van der Waals surface area (Å²) in [6.07, 6.45) is 3.46. The summed E-state index contributed by atoms with van der Waals surface area (Å²) >= 11 is 0. The lowest BCUT2D eigenvalue weighted by molar-refractivity contribution is 0.0756. The Morgan fingerprint density at radius 3 is 2.79 bits per heavy atom. The van der Waals surface area contributed by atoms with E-state index in [1.165, 1.54) is 5.56 Å². The third-order valence-corrected chi connectivity index (χ3v) is 3.10. The van der Waals surface area contributed by atoms with Gasteiger partial charge in [0.05, 0.1) is 25.7 Å². The fourth-order valence-electron chi connectivity index (χ4n) is 1.96. The van der Waals surface area contributed by atoms with Gasteiger partial charge in [0.25, 0.3) is 0 Å². The van der Waals surface area contributed by atoms with E-state index in [1.54, 1.807) is 26.7 Å². The highest BCUT2D eigenvalue weighted by atomic mass is 16.5. The molecule has 110 valence electrons. The van der Waals surface area contributed by atoms with Crippen molar-refractivity contribution in [2.45, 2.75) is 19.5 Å². The van der Waals surface area contributed by atoms with Gasteiger partial charge in [-0.2, -0.15) is 0 Å². The molecule has 0 aliphatic heterocycles. The molecule has 0 aliphatic rings. The Bertz CT molecular complexity index is 304. The van der Waals surface area contributed by atoms with Crippen molar-refractivity contribution in [3.63, 3.8) is 0 Å². The zero-order chi connectivity index (χ0) is 13.9. The lowest BCUT2D eigenvalue weighted by Gasteiger charge is -2.28. The minimum atomic E-state index is 0.399. The number of hydrogen-bond donors (Lipinski definition) is 1. The van der Waals surface area contributed by atoms with Gasteiger partial charge in [0, 0.05) is 52.0 Å². The molecule has 0 saturated carbocycles. The van der Waals surface area contributed by atoms with E-state index in [1.807, 2.05) is 6.07 Å². The highest BCUT2D eigenvalue weighted by Gasteiger charge is 2.12. The lowest BCUT2D eigenvalue weighted by atomic mass is 10.3. The second kappa shape index (κ2) is 9.97. The van der Waals surface area contributed by atoms with E-state index in [0.29, 0.717) is 6.04 Å². The van der Waals surface area contributed by atoms with E-state index in [4.69, 9.17) is 13.9 Å². The summed E-state index contributed by atoms with van der Waals surface area (Å²) in [5, 5.41) is 3.41. The maximum Gasteiger partial charge on any atom is 0.0947 e. The van der Waals surface area contributed by atoms with Crippen LogP contribution in [0.5, 0.6) is 0 Å². The number of methoxy groups -OCH3 is 2. The molecule has 0 saturated heterocycles. The predicted molar refractivity (Wildman–Crippen MR) is 75.2 cm³/mol. The Balaban J connectivity index is 2.22. The zero-order valence-corrected chi connectivity index (χ0v) is 12.2. The molecule has 0 radical (unpaired) electrons. The average molecular weight is 270 g/mol. The Labute approximate surface area is 115 Å². The van der Waals surface area contributed by atoms with Crippen LogP contribution < -0.4 is 5.32 Å². The summed E-state index contributed by atoms with van der Waals surface area (Å²) in [6, 6.07) is 2.37. The van der Waals surface area contributed by atoms with Gasteiger partial charge in [-0.05, 0) is 13.0 Å². The Kier molecular flexibility index (Phi) is 8.49. The van der Waals surface area contributed by atoms with Gasteiger partial charge in [-0.1, -0.05) is 0 Å². The largest absolute Gasteiger partial charge is 0.472 e. The van der Waals surface area contributed by atoms with Gasteiger partial charge in [0.15, 0.2) is 0 Å². The zero-order valence-electron chi connectivity index (χ0n) is 12.2. The van der Waals surface area contributed by atoms with E-state index >= 15 is 0 Å². The number of furan rings is 1. The molecule has 5 nitrogen and oxygen atoms in total. The van der Waals surface area contributed by atoms with Crippen LogP contribution in [-0.4, -0.2) is 58.0 Å². The van der Waals surface area contributed by atoms with Crippen LogP contribution in [0, 0.1) is 0 Å². The summed E-state index contributed by atoms with van der Waals surface area (Å²) in [6.45, 7) is 7.34. The van der Waals surface area contributed by atoms with Gasteiger partial charge in [-0.3, -0.25) is 4.90 Å². The summed E-state index contributed by atoms with van der Waals surface area (Å²) in [4.78, 5) is 2.37. The topological polar surface area (TPSA) is 46.9 Å². The fourth-order valence-corrected chi connectivity index (χ4v) is 1.96. The second-order valence-electron chi connectivity index (χ2n) is 4.64. The van der Waals surface area contributed by atoms with Crippen LogP contribution in [0.3, 0.4) is 0 Å². The molecule has 1 unspecified atom stereocenters. The van der Waals surface area contributed by atoms with E-state index in [2.05, 4.69) is 17.1 Å². The van der Waals surface area contributed by atoms with Gasteiger partial charge in [-0.15, -0.1) is 0 Å². The minimum Gasteiger partial charge on any atom is -0.472 e. The Morgan fingerprint density at radius 1 is 1.32 bits per heavy atom. The molecule has 1 atom stereocenters. The van der Waals surface area contributed by atoms with Crippen LogP contribution in [0.25, 0.3) is 0 Å². The Morgan fingerprint density at radius 2 is 2.16 bits per heavy atom. The van der Waals surface area contributed by atoms with Crippen LogP contribution in [0.15, 0.2) is 23.0 Å². The molecule has 0 amide bonds. The number of rotatable bonds is 11. The normalized spacial score (nSPS) is 13.1. The van der Waals surface area contributed by atoms with Crippen molar-refractivity contribution in [3.05, 3.63) is 24.2 Å². The summed E-state index contributed by atoms with van der Waals surface area (Å²) in [7, 11) is 3.47. The molecule has 0 spiro atoms. The van der Waals surface area contributed by atoms with E-state index < -0.39 is 0 Å². The van der Waals surface area contributed by atoms with Crippen LogP contribution >= 0.6 is 0 Å². The first-order chi connectivity index (χ1) is 9.27. The standard InChI is InChI=1S/C14H26N2O3/c1-13(11-18-3)16(7-9-17-2)6-5-15-10-14-4-8-19-12-14/h4,8,12-13,15H,5-7,9-11H2,1-3H3. The molecule has 1 N–H and O–H groups in total. The highest BCUT2D eigenvalue weighted by Crippen LogP contribution is 2.00. The summed E-state index contributed by atoms with van der Waals surface area (Å²) < 4.78 is 15.4. The van der Waals surface area contributed by atoms with E-state index in [-0.39, 0.29) is 0 Å². The van der Waals surface area contributed by atoms with Crippen molar-refractivity contribution < 1.29 is 13.9 Å². The number of nitrogens with zero attached hydrogens (tertiary/aromatic N) is 1. The van der Waals surface area contributed by atoms with Crippen LogP contribution in [0.4, 0.5) is 0 Å². The molecule has 0 fully saturated rings. The van der Waals surface area contributed by atoms with Crippen molar-refractivity contribution in [1.82, 2.24) is 10.2 Å². The average Bonchev–Trinajstić information content (AvgIpc) is 2.91. The van der Waals surface area contributed by atoms with Gasteiger partial charge < -0.3 is 19.2 Å². The summed E-state index contributed by atoms with van der Waals surface area (Å²) in [5.41, 5.74) is 1.17. The molecule has 1 aromatic rings. The van der Waals surface area contributed by atoms with Crippen molar-refractivity contribution in [2.75, 3.05) is 47.1 Å². The van der Waals surface area contributed by atoms with Crippen LogP contribution in [0.2, 0.25) is 0 Å². The molecular weight excluding hydrogens is 244 g/mol. The molecule has 1 heterocycles. The van der Waals surface area contributed by atoms with Gasteiger partial charge in [0.2, 0.25) is 0 Å². The van der Waals surface area contributed by atoms with Crippen molar-refractivity contribution >= 4 is 0 Å². The molecular formula is C14H26N2O3. The molecule has 5 heteroatoms. The third kappa shape index (κ3) is 6.73.